The van der Waals surface area contributed by atoms with Gasteiger partial charge in [-0.15, -0.1) is 11.3 Å². The summed E-state index contributed by atoms with van der Waals surface area (Å²) >= 11 is 1.48. The molecular weight excluding hydrogens is 265 g/mol. The molecule has 0 atom stereocenters. The molecule has 0 saturated carbocycles. The average Bonchev–Trinajstić information content (AvgIpc) is 2.81. The van der Waals surface area contributed by atoms with Crippen molar-refractivity contribution in [3.05, 3.63) is 51.7 Å². The van der Waals surface area contributed by atoms with E-state index in [1.165, 1.54) is 23.5 Å². The summed E-state index contributed by atoms with van der Waals surface area (Å²) < 4.78 is 13.3. The van der Waals surface area contributed by atoms with Crippen molar-refractivity contribution in [3.63, 3.8) is 0 Å². The zero-order chi connectivity index (χ0) is 13.9. The topological polar surface area (TPSA) is 53.4 Å². The molecule has 5 heteroatoms. The van der Waals surface area contributed by atoms with Crippen LogP contribution >= 0.6 is 11.3 Å². The van der Waals surface area contributed by atoms with Gasteiger partial charge in [-0.05, 0) is 24.6 Å². The van der Waals surface area contributed by atoms with E-state index < -0.39 is 5.41 Å². The fourth-order valence-electron chi connectivity index (χ4n) is 2.04. The van der Waals surface area contributed by atoms with Crippen molar-refractivity contribution in [1.82, 2.24) is 4.98 Å². The standard InChI is InChI=1S/C14H16FNO2S/c1-10-7-19-13(16-10)6-14(8-17,9-18)11-3-2-4-12(15)5-11/h2-5,7,17-18H,6,8-9H2,1H3. The molecule has 0 radical (unpaired) electrons. The lowest BCUT2D eigenvalue weighted by Gasteiger charge is -2.29. The summed E-state index contributed by atoms with van der Waals surface area (Å²) in [4.78, 5) is 4.34. The Labute approximate surface area is 115 Å². The molecule has 0 saturated heterocycles. The molecule has 2 aromatic rings. The molecule has 0 aliphatic carbocycles. The maximum atomic E-state index is 13.3. The predicted octanol–water partition coefficient (Wildman–Crippen LogP) is 2.06. The second kappa shape index (κ2) is 5.77. The van der Waals surface area contributed by atoms with Crippen molar-refractivity contribution in [2.24, 2.45) is 0 Å². The van der Waals surface area contributed by atoms with Gasteiger partial charge in [-0.1, -0.05) is 12.1 Å². The molecule has 2 rings (SSSR count). The second-order valence-electron chi connectivity index (χ2n) is 4.67. The van der Waals surface area contributed by atoms with Gasteiger partial charge in [0.25, 0.3) is 0 Å². The van der Waals surface area contributed by atoms with Gasteiger partial charge in [-0.3, -0.25) is 0 Å². The Kier molecular flexibility index (Phi) is 4.29. The molecule has 3 nitrogen and oxygen atoms in total. The van der Waals surface area contributed by atoms with Gasteiger partial charge in [0.2, 0.25) is 0 Å². The average molecular weight is 281 g/mol. The lowest BCUT2D eigenvalue weighted by Crippen LogP contribution is -2.37. The molecule has 0 amide bonds. The molecular formula is C14H16FNO2S. The number of benzene rings is 1. The minimum absolute atomic E-state index is 0.258. The molecule has 1 aromatic carbocycles. The number of halogens is 1. The number of rotatable bonds is 5. The summed E-state index contributed by atoms with van der Waals surface area (Å²) in [6.45, 7) is 1.37. The minimum atomic E-state index is -0.896. The molecule has 0 fully saturated rings. The first-order chi connectivity index (χ1) is 9.09. The summed E-state index contributed by atoms with van der Waals surface area (Å²) in [5.74, 6) is -0.376. The highest BCUT2D eigenvalue weighted by atomic mass is 32.1. The molecule has 1 heterocycles. The Balaban J connectivity index is 2.37. The third-order valence-electron chi connectivity index (χ3n) is 3.20. The molecule has 102 valence electrons. The maximum Gasteiger partial charge on any atom is 0.123 e. The molecule has 0 bridgehead atoms. The van der Waals surface area contributed by atoms with Crippen LogP contribution in [0.4, 0.5) is 4.39 Å². The fourth-order valence-corrected chi connectivity index (χ4v) is 2.95. The minimum Gasteiger partial charge on any atom is -0.395 e. The SMILES string of the molecule is Cc1csc(CC(CO)(CO)c2cccc(F)c2)n1. The molecule has 19 heavy (non-hydrogen) atoms. The number of aliphatic hydroxyl groups is 2. The van der Waals surface area contributed by atoms with Gasteiger partial charge in [-0.25, -0.2) is 9.37 Å². The number of nitrogens with zero attached hydrogens (tertiary/aromatic N) is 1. The highest BCUT2D eigenvalue weighted by Gasteiger charge is 2.32. The number of aryl methyl sites for hydroxylation is 1. The van der Waals surface area contributed by atoms with Crippen LogP contribution in [-0.2, 0) is 11.8 Å². The number of aromatic nitrogens is 1. The molecule has 0 unspecified atom stereocenters. The van der Waals surface area contributed by atoms with Gasteiger partial charge in [0, 0.05) is 22.9 Å². The molecule has 0 aliphatic rings. The smallest absolute Gasteiger partial charge is 0.123 e. The van der Waals surface area contributed by atoms with E-state index in [9.17, 15) is 14.6 Å². The van der Waals surface area contributed by atoms with Gasteiger partial charge in [0.05, 0.1) is 18.2 Å². The Bertz CT molecular complexity index is 552. The van der Waals surface area contributed by atoms with E-state index in [1.54, 1.807) is 12.1 Å². The maximum absolute atomic E-state index is 13.3. The van der Waals surface area contributed by atoms with E-state index in [0.717, 1.165) is 10.7 Å². The van der Waals surface area contributed by atoms with Crippen molar-refractivity contribution in [1.29, 1.82) is 0 Å². The third kappa shape index (κ3) is 3.00. The van der Waals surface area contributed by atoms with Crippen LogP contribution in [0.25, 0.3) is 0 Å². The summed E-state index contributed by atoms with van der Waals surface area (Å²) in [5.41, 5.74) is 0.598. The monoisotopic (exact) mass is 281 g/mol. The van der Waals surface area contributed by atoms with Gasteiger partial charge in [0.15, 0.2) is 0 Å². The fraction of sp³-hybridized carbons (Fsp3) is 0.357. The van der Waals surface area contributed by atoms with Crippen LogP contribution in [0.3, 0.4) is 0 Å². The van der Waals surface area contributed by atoms with Crippen LogP contribution in [-0.4, -0.2) is 28.4 Å². The first-order valence-corrected chi connectivity index (χ1v) is 6.86. The normalized spacial score (nSPS) is 11.8. The Hall–Kier alpha value is -1.30. The quantitative estimate of drug-likeness (QED) is 0.882. The summed E-state index contributed by atoms with van der Waals surface area (Å²) in [6.07, 6.45) is 0.391. The van der Waals surface area contributed by atoms with Crippen molar-refractivity contribution in [2.75, 3.05) is 13.2 Å². The van der Waals surface area contributed by atoms with Gasteiger partial charge in [-0.2, -0.15) is 0 Å². The molecule has 0 aliphatic heterocycles. The molecule has 1 aromatic heterocycles. The summed E-state index contributed by atoms with van der Waals surface area (Å²) in [7, 11) is 0. The van der Waals surface area contributed by atoms with Gasteiger partial charge >= 0.3 is 0 Å². The summed E-state index contributed by atoms with van der Waals surface area (Å²) in [5, 5.41) is 22.1. The number of thiazole rings is 1. The predicted molar refractivity (Wildman–Crippen MR) is 72.8 cm³/mol. The third-order valence-corrected chi connectivity index (χ3v) is 4.17. The van der Waals surface area contributed by atoms with Crippen molar-refractivity contribution in [2.45, 2.75) is 18.8 Å². The van der Waals surface area contributed by atoms with E-state index >= 15 is 0 Å². The van der Waals surface area contributed by atoms with E-state index in [2.05, 4.69) is 4.98 Å². The van der Waals surface area contributed by atoms with Crippen LogP contribution in [0.2, 0.25) is 0 Å². The van der Waals surface area contributed by atoms with Gasteiger partial charge < -0.3 is 10.2 Å². The van der Waals surface area contributed by atoms with Crippen LogP contribution < -0.4 is 0 Å². The van der Waals surface area contributed by atoms with Crippen LogP contribution in [0.15, 0.2) is 29.6 Å². The van der Waals surface area contributed by atoms with Crippen LogP contribution in [0.1, 0.15) is 16.3 Å². The Morgan fingerprint density at radius 3 is 2.58 bits per heavy atom. The van der Waals surface area contributed by atoms with E-state index in [1.807, 2.05) is 12.3 Å². The highest BCUT2D eigenvalue weighted by molar-refractivity contribution is 7.09. The first-order valence-electron chi connectivity index (χ1n) is 5.98. The highest BCUT2D eigenvalue weighted by Crippen LogP contribution is 2.29. The number of hydrogen-bond donors (Lipinski definition) is 2. The van der Waals surface area contributed by atoms with Crippen molar-refractivity contribution in [3.8, 4) is 0 Å². The summed E-state index contributed by atoms with van der Waals surface area (Å²) in [6, 6.07) is 6.00. The Morgan fingerprint density at radius 2 is 2.05 bits per heavy atom. The van der Waals surface area contributed by atoms with E-state index in [-0.39, 0.29) is 19.0 Å². The second-order valence-corrected chi connectivity index (χ2v) is 5.61. The molecule has 2 N–H and O–H groups in total. The first kappa shape index (κ1) is 14.1. The van der Waals surface area contributed by atoms with Crippen LogP contribution in [0, 0.1) is 12.7 Å². The molecule has 0 spiro atoms. The van der Waals surface area contributed by atoms with E-state index in [4.69, 9.17) is 0 Å². The van der Waals surface area contributed by atoms with Crippen molar-refractivity contribution < 1.29 is 14.6 Å². The Morgan fingerprint density at radius 1 is 1.32 bits per heavy atom. The van der Waals surface area contributed by atoms with Gasteiger partial charge in [0.1, 0.15) is 5.82 Å². The number of hydrogen-bond acceptors (Lipinski definition) is 4. The van der Waals surface area contributed by atoms with E-state index in [0.29, 0.717) is 12.0 Å². The lowest BCUT2D eigenvalue weighted by molar-refractivity contribution is 0.116. The zero-order valence-electron chi connectivity index (χ0n) is 10.6. The lowest BCUT2D eigenvalue weighted by atomic mass is 9.79. The zero-order valence-corrected chi connectivity index (χ0v) is 11.5. The number of aliphatic hydroxyl groups excluding tert-OH is 2. The van der Waals surface area contributed by atoms with Crippen molar-refractivity contribution >= 4 is 11.3 Å². The van der Waals surface area contributed by atoms with Crippen LogP contribution in [0.5, 0.6) is 0 Å². The largest absolute Gasteiger partial charge is 0.395 e.